The fourth-order valence-electron chi connectivity index (χ4n) is 4.48. The first-order valence-electron chi connectivity index (χ1n) is 10.7. The van der Waals surface area contributed by atoms with Crippen molar-refractivity contribution in [3.8, 4) is 5.75 Å². The molecule has 0 saturated carbocycles. The fraction of sp³-hybridized carbons (Fsp3) is 0.615. The maximum absolute atomic E-state index is 10.7. The molecular weight excluding hydrogens is 344 g/mol. The van der Waals surface area contributed by atoms with Crippen LogP contribution in [0, 0.1) is 18.3 Å². The number of phenolic OH excluding ortho intramolecular Hbond substituents is 1. The Hall–Kier alpha value is -1.70. The van der Waals surface area contributed by atoms with Gasteiger partial charge in [-0.05, 0) is 65.9 Å². The minimum Gasteiger partial charge on any atom is -0.512 e. The zero-order chi connectivity index (χ0) is 21.4. The molecule has 0 spiro atoms. The molecule has 0 aliphatic heterocycles. The van der Waals surface area contributed by atoms with Gasteiger partial charge in [-0.1, -0.05) is 72.6 Å². The van der Waals surface area contributed by atoms with E-state index >= 15 is 0 Å². The minimum atomic E-state index is -0.107. The van der Waals surface area contributed by atoms with Crippen LogP contribution in [-0.2, 0) is 5.41 Å². The van der Waals surface area contributed by atoms with E-state index in [1.165, 1.54) is 16.7 Å². The second-order valence-electron chi connectivity index (χ2n) is 10.7. The summed E-state index contributed by atoms with van der Waals surface area (Å²) in [6.45, 7) is 19.4. The molecule has 0 radical (unpaired) electrons. The molecule has 0 amide bonds. The summed E-state index contributed by atoms with van der Waals surface area (Å²) in [5, 5.41) is 21.3. The summed E-state index contributed by atoms with van der Waals surface area (Å²) in [5.74, 6) is 1.40. The van der Waals surface area contributed by atoms with Crippen LogP contribution < -0.4 is 0 Å². The lowest BCUT2D eigenvalue weighted by Crippen LogP contribution is -2.27. The zero-order valence-corrected chi connectivity index (χ0v) is 19.4. The Morgan fingerprint density at radius 2 is 1.64 bits per heavy atom. The summed E-state index contributed by atoms with van der Waals surface area (Å²) >= 11 is 0. The Bertz CT molecular complexity index is 782. The summed E-state index contributed by atoms with van der Waals surface area (Å²) in [6, 6.07) is 4.38. The maximum atomic E-state index is 10.7. The average Bonchev–Trinajstić information content (AvgIpc) is 2.53. The molecule has 2 N–H and O–H groups in total. The Labute approximate surface area is 172 Å². The number of allylic oxidation sites excluding steroid dienone is 4. The van der Waals surface area contributed by atoms with Crippen LogP contribution in [-0.4, -0.2) is 10.2 Å². The normalized spacial score (nSPS) is 19.6. The van der Waals surface area contributed by atoms with Crippen molar-refractivity contribution in [1.29, 1.82) is 0 Å². The molecule has 0 fully saturated rings. The molecular formula is C26H40O2. The standard InChI is InChI=1S/C26H40O2/c1-10-11-19(18-12-17(3)24(28)22(14-18)26(7,8)9)20-15-21(25(4,5)6)23(27)13-16(20)2/h12-14,19,21,27-28H,10-11,15H2,1-9H3. The van der Waals surface area contributed by atoms with Crippen LogP contribution in [0.3, 0.4) is 0 Å². The summed E-state index contributed by atoms with van der Waals surface area (Å²) in [4.78, 5) is 0. The van der Waals surface area contributed by atoms with Crippen molar-refractivity contribution in [2.24, 2.45) is 11.3 Å². The van der Waals surface area contributed by atoms with Gasteiger partial charge in [-0.25, -0.2) is 0 Å². The van der Waals surface area contributed by atoms with Gasteiger partial charge in [-0.3, -0.25) is 0 Å². The van der Waals surface area contributed by atoms with Gasteiger partial charge in [0.15, 0.2) is 0 Å². The molecule has 2 heteroatoms. The number of aryl methyl sites for hydroxylation is 1. The van der Waals surface area contributed by atoms with Gasteiger partial charge in [0, 0.05) is 11.8 Å². The SMILES string of the molecule is CCCC(C1=C(C)C=C(O)C(C(C)(C)C)C1)c1cc(C)c(O)c(C(C)(C)C)c1. The molecule has 0 heterocycles. The molecule has 0 saturated heterocycles. The number of aliphatic hydroxyl groups is 1. The second kappa shape index (κ2) is 7.97. The highest BCUT2D eigenvalue weighted by atomic mass is 16.3. The third-order valence-electron chi connectivity index (χ3n) is 6.23. The third-order valence-corrected chi connectivity index (χ3v) is 6.23. The quantitative estimate of drug-likeness (QED) is 0.558. The molecule has 2 rings (SSSR count). The Morgan fingerprint density at radius 1 is 1.04 bits per heavy atom. The smallest absolute Gasteiger partial charge is 0.122 e. The maximum Gasteiger partial charge on any atom is 0.122 e. The predicted molar refractivity (Wildman–Crippen MR) is 120 cm³/mol. The van der Waals surface area contributed by atoms with Crippen molar-refractivity contribution in [1.82, 2.24) is 0 Å². The lowest BCUT2D eigenvalue weighted by molar-refractivity contribution is 0.194. The van der Waals surface area contributed by atoms with Crippen molar-refractivity contribution in [3.05, 3.63) is 51.8 Å². The van der Waals surface area contributed by atoms with E-state index in [1.54, 1.807) is 0 Å². The van der Waals surface area contributed by atoms with Crippen LogP contribution in [0.15, 0.2) is 35.1 Å². The topological polar surface area (TPSA) is 40.5 Å². The molecule has 2 nitrogen and oxygen atoms in total. The monoisotopic (exact) mass is 384 g/mol. The van der Waals surface area contributed by atoms with Gasteiger partial charge in [0.05, 0.1) is 5.76 Å². The highest BCUT2D eigenvalue weighted by Gasteiger charge is 2.34. The van der Waals surface area contributed by atoms with Gasteiger partial charge >= 0.3 is 0 Å². The molecule has 28 heavy (non-hydrogen) atoms. The predicted octanol–water partition coefficient (Wildman–Crippen LogP) is 7.71. The number of aromatic hydroxyl groups is 1. The second-order valence-corrected chi connectivity index (χ2v) is 10.7. The summed E-state index contributed by atoms with van der Waals surface area (Å²) < 4.78 is 0. The van der Waals surface area contributed by atoms with E-state index in [2.05, 4.69) is 67.5 Å². The van der Waals surface area contributed by atoms with Gasteiger partial charge in [-0.2, -0.15) is 0 Å². The molecule has 2 unspecified atom stereocenters. The first kappa shape index (κ1) is 22.6. The highest BCUT2D eigenvalue weighted by molar-refractivity contribution is 5.50. The van der Waals surface area contributed by atoms with E-state index in [9.17, 15) is 10.2 Å². The number of benzene rings is 1. The van der Waals surface area contributed by atoms with Crippen molar-refractivity contribution < 1.29 is 10.2 Å². The summed E-state index contributed by atoms with van der Waals surface area (Å²) in [7, 11) is 0. The molecule has 156 valence electrons. The molecule has 1 aliphatic rings. The van der Waals surface area contributed by atoms with E-state index in [1.807, 2.05) is 13.0 Å². The lowest BCUT2D eigenvalue weighted by Gasteiger charge is -2.37. The van der Waals surface area contributed by atoms with Crippen molar-refractivity contribution in [2.75, 3.05) is 0 Å². The number of rotatable bonds is 4. The van der Waals surface area contributed by atoms with Crippen molar-refractivity contribution in [3.63, 3.8) is 0 Å². The molecule has 0 aromatic heterocycles. The third kappa shape index (κ3) is 4.64. The van der Waals surface area contributed by atoms with Gasteiger partial charge < -0.3 is 10.2 Å². The first-order chi connectivity index (χ1) is 12.8. The van der Waals surface area contributed by atoms with Gasteiger partial charge in [-0.15, -0.1) is 0 Å². The molecule has 1 aromatic carbocycles. The minimum absolute atomic E-state index is 0.0186. The van der Waals surface area contributed by atoms with E-state index in [0.29, 0.717) is 17.4 Å². The molecule has 1 aliphatic carbocycles. The van der Waals surface area contributed by atoms with Gasteiger partial charge in [0.25, 0.3) is 0 Å². The van der Waals surface area contributed by atoms with Crippen LogP contribution in [0.1, 0.15) is 97.3 Å². The number of hydrogen-bond donors (Lipinski definition) is 2. The lowest BCUT2D eigenvalue weighted by atomic mass is 9.69. The van der Waals surface area contributed by atoms with Crippen molar-refractivity contribution in [2.45, 2.75) is 92.9 Å². The van der Waals surface area contributed by atoms with E-state index in [-0.39, 0.29) is 16.7 Å². The van der Waals surface area contributed by atoms with E-state index in [4.69, 9.17) is 0 Å². The van der Waals surface area contributed by atoms with Crippen LogP contribution in [0.5, 0.6) is 5.75 Å². The summed E-state index contributed by atoms with van der Waals surface area (Å²) in [5.41, 5.74) is 5.80. The zero-order valence-electron chi connectivity index (χ0n) is 19.4. The van der Waals surface area contributed by atoms with Crippen LogP contribution in [0.2, 0.25) is 0 Å². The first-order valence-corrected chi connectivity index (χ1v) is 10.7. The van der Waals surface area contributed by atoms with Crippen LogP contribution in [0.25, 0.3) is 0 Å². The Morgan fingerprint density at radius 3 is 2.14 bits per heavy atom. The van der Waals surface area contributed by atoms with Crippen molar-refractivity contribution >= 4 is 0 Å². The molecule has 0 bridgehead atoms. The number of hydrogen-bond acceptors (Lipinski definition) is 2. The molecule has 1 aromatic rings. The average molecular weight is 385 g/mol. The van der Waals surface area contributed by atoms with E-state index in [0.717, 1.165) is 30.4 Å². The summed E-state index contributed by atoms with van der Waals surface area (Å²) in [6.07, 6.45) is 5.05. The van der Waals surface area contributed by atoms with Gasteiger partial charge in [0.1, 0.15) is 5.75 Å². The van der Waals surface area contributed by atoms with Crippen LogP contribution >= 0.6 is 0 Å². The Kier molecular flexibility index (Phi) is 6.43. The number of aliphatic hydroxyl groups excluding tert-OH is 1. The highest BCUT2D eigenvalue weighted by Crippen LogP contribution is 2.46. The number of phenols is 1. The van der Waals surface area contributed by atoms with E-state index < -0.39 is 0 Å². The molecule has 2 atom stereocenters. The largest absolute Gasteiger partial charge is 0.512 e. The van der Waals surface area contributed by atoms with Gasteiger partial charge in [0.2, 0.25) is 0 Å². The Balaban J connectivity index is 2.61. The van der Waals surface area contributed by atoms with Crippen LogP contribution in [0.4, 0.5) is 0 Å². The fourth-order valence-corrected chi connectivity index (χ4v) is 4.48.